The molecule has 0 aromatic heterocycles. The molecule has 8 heavy (non-hydrogen) atoms. The van der Waals surface area contributed by atoms with E-state index in [4.69, 9.17) is 9.90 Å². The highest BCUT2D eigenvalue weighted by Gasteiger charge is 1.55. The maximum absolute atomic E-state index is 9.29. The number of carboxylic acid groups (broad SMARTS) is 1. The van der Waals surface area contributed by atoms with Gasteiger partial charge in [0.05, 0.1) is 0 Å². The van der Waals surface area contributed by atoms with Crippen molar-refractivity contribution in [3.63, 3.8) is 0 Å². The second kappa shape index (κ2) is 9.48. The highest BCUT2D eigenvalue weighted by Crippen LogP contribution is 1.53. The highest BCUT2D eigenvalue weighted by atomic mass is 32.2. The average molecular weight is 138 g/mol. The van der Waals surface area contributed by atoms with Gasteiger partial charge in [0.25, 0.3) is 6.47 Å². The first kappa shape index (κ1) is 10.2. The summed E-state index contributed by atoms with van der Waals surface area (Å²) in [6.07, 6.45) is 0. The third-order valence-corrected chi connectivity index (χ3v) is 0.447. The van der Waals surface area contributed by atoms with E-state index in [0.717, 1.165) is 5.41 Å². The van der Waals surface area contributed by atoms with Crippen LogP contribution in [0.25, 0.3) is 0 Å². The fourth-order valence-electron chi connectivity index (χ4n) is 0. The second-order valence-electron chi connectivity index (χ2n) is 0.573. The van der Waals surface area contributed by atoms with Crippen LogP contribution in [-0.4, -0.2) is 20.0 Å². The van der Waals surface area contributed by atoms with Crippen LogP contribution < -0.4 is 0 Å². The van der Waals surface area contributed by atoms with Crippen molar-refractivity contribution in [1.82, 2.24) is 0 Å². The van der Waals surface area contributed by atoms with Crippen LogP contribution in [0.3, 0.4) is 0 Å². The Bertz CT molecular complexity index is 117. The zero-order valence-electron chi connectivity index (χ0n) is 3.98. The van der Waals surface area contributed by atoms with E-state index in [1.54, 1.807) is 0 Å². The third kappa shape index (κ3) is 66.4. The maximum atomic E-state index is 9.29. The van der Waals surface area contributed by atoms with E-state index in [2.05, 4.69) is 6.58 Å². The molecule has 0 aliphatic carbocycles. The van der Waals surface area contributed by atoms with Gasteiger partial charge in [-0.15, -0.1) is 0 Å². The summed E-state index contributed by atoms with van der Waals surface area (Å²) in [7, 11) is -2.33. The van der Waals surface area contributed by atoms with Gasteiger partial charge in [-0.05, 0) is 0 Å². The van der Waals surface area contributed by atoms with E-state index >= 15 is 0 Å². The number of hydrogen-bond acceptors (Lipinski definition) is 3. The predicted octanol–water partition coefficient (Wildman–Crippen LogP) is -0.558. The van der Waals surface area contributed by atoms with E-state index in [9.17, 15) is 8.42 Å². The van der Waals surface area contributed by atoms with Gasteiger partial charge in [-0.25, -0.2) is 8.42 Å². The molecule has 1 N–H and O–H groups in total. The smallest absolute Gasteiger partial charge is 0.290 e. The van der Waals surface area contributed by atoms with Gasteiger partial charge in [-0.1, -0.05) is 6.58 Å². The number of carbonyl (C=O) groups is 1. The minimum atomic E-state index is -2.33. The molecule has 0 heterocycles. The highest BCUT2D eigenvalue weighted by molar-refractivity contribution is 7.75. The first-order valence-corrected chi connectivity index (χ1v) is 2.77. The lowest BCUT2D eigenvalue weighted by Crippen LogP contribution is -1.54. The molecular weight excluding hydrogens is 132 g/mol. The van der Waals surface area contributed by atoms with Crippen LogP contribution in [0.5, 0.6) is 0 Å². The van der Waals surface area contributed by atoms with Gasteiger partial charge in [-0.2, -0.15) is 0 Å². The number of rotatable bonds is 1. The van der Waals surface area contributed by atoms with Gasteiger partial charge in [0.2, 0.25) is 0 Å². The molecule has 0 aromatic carbocycles. The molecule has 0 fully saturated rings. The van der Waals surface area contributed by atoms with E-state index < -0.39 is 10.7 Å². The summed E-state index contributed by atoms with van der Waals surface area (Å²) < 4.78 is 18.6. The summed E-state index contributed by atoms with van der Waals surface area (Å²) in [6.45, 7) is 2.71. The minimum absolute atomic E-state index is 0.250. The molecular formula is C3H6O4S. The molecule has 4 nitrogen and oxygen atoms in total. The number of hydrogen-bond donors (Lipinski definition) is 2. The topological polar surface area (TPSA) is 71.4 Å². The van der Waals surface area contributed by atoms with Crippen LogP contribution in [0.15, 0.2) is 12.0 Å². The largest absolute Gasteiger partial charge is 0.483 e. The zero-order chi connectivity index (χ0) is 6.99. The lowest BCUT2D eigenvalue weighted by Gasteiger charge is -1.49. The predicted molar refractivity (Wildman–Crippen MR) is 29.2 cm³/mol. The molecule has 0 aromatic rings. The normalized spacial score (nSPS) is 6.62. The molecule has 0 saturated heterocycles. The zero-order valence-corrected chi connectivity index (χ0v) is 4.88. The Hall–Kier alpha value is -0.840. The van der Waals surface area contributed by atoms with Gasteiger partial charge in [0, 0.05) is 5.41 Å². The molecule has 0 spiro atoms. The van der Waals surface area contributed by atoms with E-state index in [1.165, 1.54) is 0 Å². The monoisotopic (exact) mass is 138 g/mol. The van der Waals surface area contributed by atoms with Crippen LogP contribution in [0, 0.1) is 0 Å². The van der Waals surface area contributed by atoms with Gasteiger partial charge in [0.1, 0.15) is 0 Å². The molecule has 0 radical (unpaired) electrons. The van der Waals surface area contributed by atoms with E-state index in [0.29, 0.717) is 0 Å². The van der Waals surface area contributed by atoms with Gasteiger partial charge in [0.15, 0.2) is 10.7 Å². The molecule has 0 unspecified atom stereocenters. The Morgan fingerprint density at radius 1 is 1.50 bits per heavy atom. The molecule has 0 rings (SSSR count). The van der Waals surface area contributed by atoms with Crippen molar-refractivity contribution in [3.8, 4) is 0 Å². The van der Waals surface area contributed by atoms with Crippen molar-refractivity contribution in [2.24, 2.45) is 0 Å². The first-order valence-electron chi connectivity index (χ1n) is 1.53. The standard InChI is InChI=1S/C2H4O2S.CH2O2/c1-2-5(3)4;2-1-3/h2,5H,1H2;1H,(H,2,3). The SMILES string of the molecule is C=C[SH](=O)=O.O=CO. The molecule has 0 atom stereocenters. The van der Waals surface area contributed by atoms with Crippen molar-refractivity contribution in [2.45, 2.75) is 0 Å². The lowest BCUT2D eigenvalue weighted by molar-refractivity contribution is -0.122. The fraction of sp³-hybridized carbons (Fsp3) is 0. The van der Waals surface area contributed by atoms with Crippen molar-refractivity contribution in [1.29, 1.82) is 0 Å². The van der Waals surface area contributed by atoms with Crippen LogP contribution >= 0.6 is 0 Å². The van der Waals surface area contributed by atoms with Crippen LogP contribution in [-0.2, 0) is 15.5 Å². The first-order chi connectivity index (χ1) is 3.68. The number of thiol groups is 1. The molecule has 0 amide bonds. The summed E-state index contributed by atoms with van der Waals surface area (Å²) in [6, 6.07) is 0. The van der Waals surface area contributed by atoms with Crippen molar-refractivity contribution >= 4 is 17.2 Å². The van der Waals surface area contributed by atoms with Crippen LogP contribution in [0.4, 0.5) is 0 Å². The third-order valence-electron chi connectivity index (χ3n) is 0.149. The lowest BCUT2D eigenvalue weighted by atomic mass is 11.3. The maximum Gasteiger partial charge on any atom is 0.290 e. The summed E-state index contributed by atoms with van der Waals surface area (Å²) in [4.78, 5) is 8.36. The van der Waals surface area contributed by atoms with Gasteiger partial charge < -0.3 is 5.11 Å². The van der Waals surface area contributed by atoms with E-state index in [1.807, 2.05) is 0 Å². The van der Waals surface area contributed by atoms with Crippen LogP contribution in [0.2, 0.25) is 0 Å². The summed E-state index contributed by atoms with van der Waals surface area (Å²) in [5, 5.41) is 7.76. The molecule has 48 valence electrons. The molecule has 0 aliphatic heterocycles. The Kier molecular flexibility index (Phi) is 12.1. The molecule has 0 saturated carbocycles. The van der Waals surface area contributed by atoms with Crippen molar-refractivity contribution in [3.05, 3.63) is 12.0 Å². The van der Waals surface area contributed by atoms with Gasteiger partial charge >= 0.3 is 0 Å². The van der Waals surface area contributed by atoms with Gasteiger partial charge in [-0.3, -0.25) is 4.79 Å². The average Bonchev–Trinajstić information content (AvgIpc) is 1.69. The Labute approximate surface area is 48.4 Å². The fourth-order valence-corrected chi connectivity index (χ4v) is 0. The Morgan fingerprint density at radius 3 is 1.62 bits per heavy atom. The summed E-state index contributed by atoms with van der Waals surface area (Å²) >= 11 is 0. The Morgan fingerprint density at radius 2 is 1.62 bits per heavy atom. The summed E-state index contributed by atoms with van der Waals surface area (Å²) in [5.41, 5.74) is 0. The van der Waals surface area contributed by atoms with Crippen molar-refractivity contribution in [2.75, 3.05) is 0 Å². The minimum Gasteiger partial charge on any atom is -0.483 e. The molecule has 0 aliphatic rings. The van der Waals surface area contributed by atoms with Crippen LogP contribution in [0.1, 0.15) is 0 Å². The van der Waals surface area contributed by atoms with Crippen molar-refractivity contribution < 1.29 is 18.3 Å². The molecule has 5 heteroatoms. The molecule has 0 bridgehead atoms. The second-order valence-corrected chi connectivity index (χ2v) is 1.51. The van der Waals surface area contributed by atoms with E-state index in [-0.39, 0.29) is 6.47 Å². The Balaban J connectivity index is 0. The summed E-state index contributed by atoms with van der Waals surface area (Å²) in [5.74, 6) is 0. The quantitative estimate of drug-likeness (QED) is 0.376.